The number of rotatable bonds is 3. The Hall–Kier alpha value is -1.03. The molecule has 0 bridgehead atoms. The highest BCUT2D eigenvalue weighted by molar-refractivity contribution is 6.31. The molecule has 1 aromatic rings. The standard InChI is InChI=1S/C14H20ClN3O/c1-9-12(15)7-18(17-9)8-14(19)16-13-6-5-10-3-2-4-11(10)13/h7,10-11,13H,2-6,8H2,1H3,(H,16,19)/t10-,11-,13-/m1/s1. The molecule has 2 saturated carbocycles. The predicted octanol–water partition coefficient (Wildman–Crippen LogP) is 2.54. The lowest BCUT2D eigenvalue weighted by Crippen LogP contribution is -2.39. The van der Waals surface area contributed by atoms with Gasteiger partial charge in [-0.1, -0.05) is 24.4 Å². The normalized spacial score (nSPS) is 29.5. The zero-order valence-electron chi connectivity index (χ0n) is 11.2. The first-order valence-electron chi connectivity index (χ1n) is 7.12. The average Bonchev–Trinajstić information content (AvgIpc) is 2.99. The first kappa shape index (κ1) is 13.0. The lowest BCUT2D eigenvalue weighted by molar-refractivity contribution is -0.122. The molecule has 0 spiro atoms. The largest absolute Gasteiger partial charge is 0.351 e. The predicted molar refractivity (Wildman–Crippen MR) is 74.0 cm³/mol. The Kier molecular flexibility index (Phi) is 3.52. The third-order valence-corrected chi connectivity index (χ3v) is 4.99. The second kappa shape index (κ2) is 5.16. The summed E-state index contributed by atoms with van der Waals surface area (Å²) in [5.41, 5.74) is 0.770. The van der Waals surface area contributed by atoms with Crippen molar-refractivity contribution in [1.82, 2.24) is 15.1 Å². The number of amides is 1. The number of nitrogens with zero attached hydrogens (tertiary/aromatic N) is 2. The first-order valence-corrected chi connectivity index (χ1v) is 7.50. The van der Waals surface area contributed by atoms with Gasteiger partial charge in [0.25, 0.3) is 0 Å². The number of carbonyl (C=O) groups excluding carboxylic acids is 1. The zero-order chi connectivity index (χ0) is 13.4. The molecular formula is C14H20ClN3O. The SMILES string of the molecule is Cc1nn(CC(=O)N[C@@H]2CC[C@H]3CCC[C@H]32)cc1Cl. The van der Waals surface area contributed by atoms with Crippen LogP contribution in [0.3, 0.4) is 0 Å². The fourth-order valence-electron chi connectivity index (χ4n) is 3.71. The van der Waals surface area contributed by atoms with Crippen molar-refractivity contribution in [1.29, 1.82) is 0 Å². The molecule has 1 amide bonds. The molecule has 19 heavy (non-hydrogen) atoms. The maximum absolute atomic E-state index is 12.1. The molecular weight excluding hydrogens is 262 g/mol. The lowest BCUT2D eigenvalue weighted by Gasteiger charge is -2.19. The van der Waals surface area contributed by atoms with Crippen LogP contribution in [0.15, 0.2) is 6.20 Å². The van der Waals surface area contributed by atoms with Gasteiger partial charge in [0.2, 0.25) is 5.91 Å². The van der Waals surface area contributed by atoms with Gasteiger partial charge in [0, 0.05) is 12.2 Å². The van der Waals surface area contributed by atoms with Crippen molar-refractivity contribution in [2.24, 2.45) is 11.8 Å². The molecule has 2 aliphatic rings. The zero-order valence-corrected chi connectivity index (χ0v) is 12.0. The first-order chi connectivity index (χ1) is 9.13. The lowest BCUT2D eigenvalue weighted by atomic mass is 9.98. The molecule has 0 unspecified atom stereocenters. The number of aryl methyl sites for hydroxylation is 1. The number of halogens is 1. The summed E-state index contributed by atoms with van der Waals surface area (Å²) >= 11 is 5.94. The van der Waals surface area contributed by atoms with Gasteiger partial charge in [0.15, 0.2) is 0 Å². The molecule has 1 N–H and O–H groups in total. The minimum absolute atomic E-state index is 0.0525. The van der Waals surface area contributed by atoms with Crippen molar-refractivity contribution in [2.45, 2.75) is 51.6 Å². The van der Waals surface area contributed by atoms with Crippen LogP contribution in [0.1, 0.15) is 37.8 Å². The van der Waals surface area contributed by atoms with E-state index in [1.807, 2.05) is 6.92 Å². The molecule has 0 aliphatic heterocycles. The number of hydrogen-bond donors (Lipinski definition) is 1. The Morgan fingerprint density at radius 1 is 1.47 bits per heavy atom. The van der Waals surface area contributed by atoms with Gasteiger partial charge in [-0.2, -0.15) is 5.10 Å². The van der Waals surface area contributed by atoms with Crippen molar-refractivity contribution in [3.63, 3.8) is 0 Å². The Morgan fingerprint density at radius 3 is 3.05 bits per heavy atom. The second-order valence-corrected chi connectivity index (χ2v) is 6.27. The third-order valence-electron chi connectivity index (χ3n) is 4.62. The van der Waals surface area contributed by atoms with Gasteiger partial charge in [-0.05, 0) is 38.0 Å². The molecule has 0 aromatic carbocycles. The summed E-state index contributed by atoms with van der Waals surface area (Å²) in [7, 11) is 0. The Morgan fingerprint density at radius 2 is 2.32 bits per heavy atom. The van der Waals surface area contributed by atoms with Gasteiger partial charge in [0.1, 0.15) is 6.54 Å². The average molecular weight is 282 g/mol. The van der Waals surface area contributed by atoms with Crippen LogP contribution in [0.2, 0.25) is 5.02 Å². The van der Waals surface area contributed by atoms with Crippen LogP contribution in [-0.2, 0) is 11.3 Å². The van der Waals surface area contributed by atoms with Gasteiger partial charge >= 0.3 is 0 Å². The van der Waals surface area contributed by atoms with Gasteiger partial charge in [-0.25, -0.2) is 0 Å². The van der Waals surface area contributed by atoms with E-state index < -0.39 is 0 Å². The number of fused-ring (bicyclic) bond motifs is 1. The Balaban J connectivity index is 1.56. The van der Waals surface area contributed by atoms with Crippen LogP contribution in [0.4, 0.5) is 0 Å². The molecule has 104 valence electrons. The van der Waals surface area contributed by atoms with Gasteiger partial charge in [-0.15, -0.1) is 0 Å². The van der Waals surface area contributed by atoms with E-state index in [4.69, 9.17) is 11.6 Å². The van der Waals surface area contributed by atoms with E-state index >= 15 is 0 Å². The van der Waals surface area contributed by atoms with E-state index in [1.165, 1.54) is 25.7 Å². The van der Waals surface area contributed by atoms with E-state index in [1.54, 1.807) is 10.9 Å². The maximum atomic E-state index is 12.1. The number of carbonyl (C=O) groups is 1. The summed E-state index contributed by atoms with van der Waals surface area (Å²) in [4.78, 5) is 12.1. The molecule has 1 aromatic heterocycles. The number of aromatic nitrogens is 2. The molecule has 3 rings (SSSR count). The van der Waals surface area contributed by atoms with E-state index in [0.717, 1.165) is 18.0 Å². The molecule has 2 aliphatic carbocycles. The van der Waals surface area contributed by atoms with E-state index in [-0.39, 0.29) is 12.5 Å². The minimum atomic E-state index is 0.0525. The van der Waals surface area contributed by atoms with E-state index in [0.29, 0.717) is 17.0 Å². The fraction of sp³-hybridized carbons (Fsp3) is 0.714. The Bertz CT molecular complexity index is 466. The van der Waals surface area contributed by atoms with Crippen molar-refractivity contribution < 1.29 is 4.79 Å². The summed E-state index contributed by atoms with van der Waals surface area (Å²) in [6.45, 7) is 2.11. The molecule has 4 nitrogen and oxygen atoms in total. The van der Waals surface area contributed by atoms with E-state index in [9.17, 15) is 4.79 Å². The molecule has 5 heteroatoms. The summed E-state index contributed by atoms with van der Waals surface area (Å²) in [6, 6.07) is 0.382. The maximum Gasteiger partial charge on any atom is 0.241 e. The fourth-order valence-corrected chi connectivity index (χ4v) is 3.87. The molecule has 3 atom stereocenters. The van der Waals surface area contributed by atoms with Crippen molar-refractivity contribution >= 4 is 17.5 Å². The molecule has 2 fully saturated rings. The van der Waals surface area contributed by atoms with Crippen LogP contribution in [0.5, 0.6) is 0 Å². The molecule has 0 saturated heterocycles. The van der Waals surface area contributed by atoms with Crippen LogP contribution in [0.25, 0.3) is 0 Å². The highest BCUT2D eigenvalue weighted by Crippen LogP contribution is 2.43. The summed E-state index contributed by atoms with van der Waals surface area (Å²) in [6.07, 6.45) is 8.09. The quantitative estimate of drug-likeness (QED) is 0.925. The van der Waals surface area contributed by atoms with Gasteiger partial charge in [-0.3, -0.25) is 9.48 Å². The van der Waals surface area contributed by atoms with Crippen LogP contribution in [0, 0.1) is 18.8 Å². The summed E-state index contributed by atoms with van der Waals surface area (Å²) < 4.78 is 1.62. The van der Waals surface area contributed by atoms with Crippen LogP contribution in [-0.4, -0.2) is 21.7 Å². The van der Waals surface area contributed by atoms with Gasteiger partial charge in [0.05, 0.1) is 10.7 Å². The van der Waals surface area contributed by atoms with E-state index in [2.05, 4.69) is 10.4 Å². The van der Waals surface area contributed by atoms with Crippen LogP contribution < -0.4 is 5.32 Å². The Labute approximate surface area is 118 Å². The molecule has 1 heterocycles. The highest BCUT2D eigenvalue weighted by atomic mass is 35.5. The van der Waals surface area contributed by atoms with Crippen LogP contribution >= 0.6 is 11.6 Å². The number of hydrogen-bond acceptors (Lipinski definition) is 2. The van der Waals surface area contributed by atoms with Crippen molar-refractivity contribution in [2.75, 3.05) is 0 Å². The second-order valence-electron chi connectivity index (χ2n) is 5.87. The van der Waals surface area contributed by atoms with Crippen molar-refractivity contribution in [3.8, 4) is 0 Å². The monoisotopic (exact) mass is 281 g/mol. The smallest absolute Gasteiger partial charge is 0.241 e. The van der Waals surface area contributed by atoms with Gasteiger partial charge < -0.3 is 5.32 Å². The minimum Gasteiger partial charge on any atom is -0.351 e. The summed E-state index contributed by atoms with van der Waals surface area (Å²) in [5, 5.41) is 8.02. The summed E-state index contributed by atoms with van der Waals surface area (Å²) in [5.74, 6) is 1.62. The number of nitrogens with one attached hydrogen (secondary N) is 1. The topological polar surface area (TPSA) is 46.9 Å². The molecule has 0 radical (unpaired) electrons. The third kappa shape index (κ3) is 2.64. The van der Waals surface area contributed by atoms with Crippen molar-refractivity contribution in [3.05, 3.63) is 16.9 Å². The highest BCUT2D eigenvalue weighted by Gasteiger charge is 2.39.